The third kappa shape index (κ3) is 5.20. The number of carbonyl (C=O) groups excluding carboxylic acids is 1. The highest BCUT2D eigenvalue weighted by Crippen LogP contribution is 2.27. The zero-order chi connectivity index (χ0) is 16.8. The van der Waals surface area contributed by atoms with Crippen LogP contribution in [0.25, 0.3) is 0 Å². The van der Waals surface area contributed by atoms with Gasteiger partial charge in [-0.25, -0.2) is 0 Å². The van der Waals surface area contributed by atoms with E-state index in [1.54, 1.807) is 37.4 Å². The van der Waals surface area contributed by atoms with E-state index in [0.717, 1.165) is 5.69 Å². The van der Waals surface area contributed by atoms with Crippen LogP contribution < -0.4 is 15.4 Å². The molecular formula is C16H15Cl3N2O2. The summed E-state index contributed by atoms with van der Waals surface area (Å²) in [6, 6.07) is 10.2. The van der Waals surface area contributed by atoms with Gasteiger partial charge < -0.3 is 15.4 Å². The zero-order valence-corrected chi connectivity index (χ0v) is 14.6. The van der Waals surface area contributed by atoms with Gasteiger partial charge in [0.05, 0.1) is 22.8 Å². The summed E-state index contributed by atoms with van der Waals surface area (Å²) in [4.78, 5) is 11.9. The lowest BCUT2D eigenvalue weighted by atomic mass is 10.2. The van der Waals surface area contributed by atoms with E-state index in [0.29, 0.717) is 33.0 Å². The molecule has 23 heavy (non-hydrogen) atoms. The van der Waals surface area contributed by atoms with Crippen LogP contribution in [0.3, 0.4) is 0 Å². The van der Waals surface area contributed by atoms with E-state index in [2.05, 4.69) is 10.6 Å². The third-order valence-electron chi connectivity index (χ3n) is 3.04. The van der Waals surface area contributed by atoms with Crippen molar-refractivity contribution in [3.05, 3.63) is 51.5 Å². The topological polar surface area (TPSA) is 50.4 Å². The molecule has 0 unspecified atom stereocenters. The lowest BCUT2D eigenvalue weighted by Crippen LogP contribution is -2.16. The van der Waals surface area contributed by atoms with Crippen LogP contribution >= 0.6 is 34.8 Å². The number of carbonyl (C=O) groups is 1. The lowest BCUT2D eigenvalue weighted by molar-refractivity contribution is -0.115. The van der Waals surface area contributed by atoms with E-state index in [4.69, 9.17) is 39.5 Å². The Morgan fingerprint density at radius 3 is 2.57 bits per heavy atom. The molecule has 0 aliphatic heterocycles. The van der Waals surface area contributed by atoms with E-state index < -0.39 is 0 Å². The van der Waals surface area contributed by atoms with Gasteiger partial charge in [0.2, 0.25) is 5.91 Å². The molecule has 2 aromatic carbocycles. The summed E-state index contributed by atoms with van der Waals surface area (Å²) >= 11 is 17.9. The third-order valence-corrected chi connectivity index (χ3v) is 3.90. The second kappa shape index (κ2) is 8.29. The van der Waals surface area contributed by atoms with E-state index in [-0.39, 0.29) is 12.3 Å². The Bertz CT molecular complexity index is 708. The van der Waals surface area contributed by atoms with Gasteiger partial charge in [-0.15, -0.1) is 0 Å². The Morgan fingerprint density at radius 2 is 1.87 bits per heavy atom. The average Bonchev–Trinajstić information content (AvgIpc) is 2.51. The molecule has 0 heterocycles. The predicted octanol–water partition coefficient (Wildman–Crippen LogP) is 5.10. The molecule has 2 aromatic rings. The molecule has 0 atom stereocenters. The molecule has 0 aromatic heterocycles. The van der Waals surface area contributed by atoms with Crippen molar-refractivity contribution in [3.63, 3.8) is 0 Å². The number of hydrogen-bond acceptors (Lipinski definition) is 3. The lowest BCUT2D eigenvalue weighted by Gasteiger charge is -2.10. The second-order valence-corrected chi connectivity index (χ2v) is 5.95. The number of halogens is 3. The number of benzene rings is 2. The minimum Gasteiger partial charge on any atom is -0.495 e. The van der Waals surface area contributed by atoms with Crippen LogP contribution in [0.4, 0.5) is 11.4 Å². The van der Waals surface area contributed by atoms with Crippen molar-refractivity contribution in [2.75, 3.05) is 24.3 Å². The predicted molar refractivity (Wildman–Crippen MR) is 96.2 cm³/mol. The Labute approximate surface area is 149 Å². The second-order valence-electron chi connectivity index (χ2n) is 4.70. The minimum atomic E-state index is -0.165. The van der Waals surface area contributed by atoms with Crippen LogP contribution in [0.1, 0.15) is 6.42 Å². The fourth-order valence-electron chi connectivity index (χ4n) is 1.90. The summed E-state index contributed by atoms with van der Waals surface area (Å²) in [5.41, 5.74) is 1.31. The van der Waals surface area contributed by atoms with Crippen molar-refractivity contribution in [3.8, 4) is 5.75 Å². The Balaban J connectivity index is 1.85. The van der Waals surface area contributed by atoms with Crippen LogP contribution in [0.2, 0.25) is 15.1 Å². The highest BCUT2D eigenvalue weighted by Gasteiger charge is 2.07. The normalized spacial score (nSPS) is 10.3. The molecule has 0 spiro atoms. The maximum atomic E-state index is 11.9. The van der Waals surface area contributed by atoms with E-state index >= 15 is 0 Å². The summed E-state index contributed by atoms with van der Waals surface area (Å²) in [6.45, 7) is 0.451. The molecule has 0 aliphatic rings. The van der Waals surface area contributed by atoms with Crippen molar-refractivity contribution < 1.29 is 9.53 Å². The molecule has 0 aliphatic carbocycles. The van der Waals surface area contributed by atoms with Gasteiger partial charge >= 0.3 is 0 Å². The first-order valence-corrected chi connectivity index (χ1v) is 7.95. The highest BCUT2D eigenvalue weighted by atomic mass is 35.5. The number of ether oxygens (including phenoxy) is 1. The molecule has 7 heteroatoms. The number of hydrogen-bond donors (Lipinski definition) is 2. The number of anilines is 2. The molecule has 2 rings (SSSR count). The van der Waals surface area contributed by atoms with Crippen LogP contribution in [-0.4, -0.2) is 19.6 Å². The number of nitrogens with one attached hydrogen (secondary N) is 2. The molecular weight excluding hydrogens is 359 g/mol. The molecule has 0 saturated heterocycles. The summed E-state index contributed by atoms with van der Waals surface area (Å²) in [5, 5.41) is 7.30. The van der Waals surface area contributed by atoms with Gasteiger partial charge in [-0.05, 0) is 36.4 Å². The first-order chi connectivity index (χ1) is 11.0. The molecule has 0 saturated carbocycles. The van der Waals surface area contributed by atoms with Crippen LogP contribution in [0, 0.1) is 0 Å². The molecule has 0 radical (unpaired) electrons. The standard InChI is InChI=1S/C16H15Cl3N2O2/c1-23-15-5-3-11(9-13(15)19)20-7-6-16(22)21-14-8-10(17)2-4-12(14)18/h2-5,8-9,20H,6-7H2,1H3,(H,21,22). The van der Waals surface area contributed by atoms with Crippen molar-refractivity contribution in [2.24, 2.45) is 0 Å². The van der Waals surface area contributed by atoms with E-state index in [1.165, 1.54) is 0 Å². The number of amides is 1. The maximum absolute atomic E-state index is 11.9. The summed E-state index contributed by atoms with van der Waals surface area (Å²) in [7, 11) is 1.56. The molecule has 2 N–H and O–H groups in total. The van der Waals surface area contributed by atoms with Crippen molar-refractivity contribution in [2.45, 2.75) is 6.42 Å². The van der Waals surface area contributed by atoms with Crippen molar-refractivity contribution in [1.29, 1.82) is 0 Å². The first kappa shape index (κ1) is 17.7. The molecule has 4 nitrogen and oxygen atoms in total. The Morgan fingerprint density at radius 1 is 1.09 bits per heavy atom. The molecule has 0 fully saturated rings. The smallest absolute Gasteiger partial charge is 0.226 e. The summed E-state index contributed by atoms with van der Waals surface area (Å²) < 4.78 is 5.08. The quantitative estimate of drug-likeness (QED) is 0.741. The molecule has 122 valence electrons. The van der Waals surface area contributed by atoms with Gasteiger partial charge in [-0.2, -0.15) is 0 Å². The maximum Gasteiger partial charge on any atom is 0.226 e. The van der Waals surface area contributed by atoms with Gasteiger partial charge in [0.1, 0.15) is 5.75 Å². The first-order valence-electron chi connectivity index (χ1n) is 6.82. The van der Waals surface area contributed by atoms with Crippen LogP contribution in [-0.2, 0) is 4.79 Å². The monoisotopic (exact) mass is 372 g/mol. The van der Waals surface area contributed by atoms with Crippen molar-refractivity contribution >= 4 is 52.1 Å². The van der Waals surface area contributed by atoms with Crippen molar-refractivity contribution in [1.82, 2.24) is 0 Å². The van der Waals surface area contributed by atoms with Gasteiger partial charge in [0.25, 0.3) is 0 Å². The SMILES string of the molecule is COc1ccc(NCCC(=O)Nc2cc(Cl)ccc2Cl)cc1Cl. The summed E-state index contributed by atoms with van der Waals surface area (Å²) in [6.07, 6.45) is 0.270. The Hall–Kier alpha value is -1.62. The van der Waals surface area contributed by atoms with Gasteiger partial charge in [0, 0.05) is 23.7 Å². The average molecular weight is 374 g/mol. The minimum absolute atomic E-state index is 0.165. The zero-order valence-electron chi connectivity index (χ0n) is 12.3. The van der Waals surface area contributed by atoms with Gasteiger partial charge in [-0.1, -0.05) is 34.8 Å². The molecule has 0 bridgehead atoms. The number of rotatable bonds is 6. The fourth-order valence-corrected chi connectivity index (χ4v) is 2.50. The molecule has 1 amide bonds. The highest BCUT2D eigenvalue weighted by molar-refractivity contribution is 6.35. The van der Waals surface area contributed by atoms with Gasteiger partial charge in [0.15, 0.2) is 0 Å². The Kier molecular flexibility index (Phi) is 6.39. The van der Waals surface area contributed by atoms with Crippen LogP contribution in [0.5, 0.6) is 5.75 Å². The van der Waals surface area contributed by atoms with E-state index in [9.17, 15) is 4.79 Å². The van der Waals surface area contributed by atoms with E-state index in [1.807, 2.05) is 6.07 Å². The number of methoxy groups -OCH3 is 1. The fraction of sp³-hybridized carbons (Fsp3) is 0.188. The largest absolute Gasteiger partial charge is 0.495 e. The van der Waals surface area contributed by atoms with Gasteiger partial charge in [-0.3, -0.25) is 4.79 Å². The summed E-state index contributed by atoms with van der Waals surface area (Å²) in [5.74, 6) is 0.437. The van der Waals surface area contributed by atoms with Crippen LogP contribution in [0.15, 0.2) is 36.4 Å².